The third-order valence-electron chi connectivity index (χ3n) is 3.72. The molecule has 0 unspecified atom stereocenters. The fourth-order valence-corrected chi connectivity index (χ4v) is 2.50. The molecule has 7 nitrogen and oxygen atoms in total. The van der Waals surface area contributed by atoms with E-state index in [0.29, 0.717) is 30.0 Å². The van der Waals surface area contributed by atoms with E-state index in [2.05, 4.69) is 15.3 Å². The van der Waals surface area contributed by atoms with Gasteiger partial charge in [0.05, 0.1) is 5.69 Å². The van der Waals surface area contributed by atoms with E-state index >= 15 is 0 Å². The van der Waals surface area contributed by atoms with Crippen LogP contribution in [-0.2, 0) is 0 Å². The van der Waals surface area contributed by atoms with E-state index < -0.39 is 0 Å². The number of benzene rings is 1. The van der Waals surface area contributed by atoms with E-state index in [9.17, 15) is 9.59 Å². The minimum absolute atomic E-state index is 0.155. The fraction of sp³-hybridized carbons (Fsp3) is 0.235. The van der Waals surface area contributed by atoms with E-state index in [1.54, 1.807) is 30.5 Å². The third kappa shape index (κ3) is 3.21. The van der Waals surface area contributed by atoms with Crippen molar-refractivity contribution in [2.24, 2.45) is 5.73 Å². The molecule has 0 radical (unpaired) electrons. The van der Waals surface area contributed by atoms with Crippen LogP contribution in [0.1, 0.15) is 22.5 Å². The Kier molecular flexibility index (Phi) is 4.43. The van der Waals surface area contributed by atoms with Gasteiger partial charge in [0.25, 0.3) is 5.91 Å². The van der Waals surface area contributed by atoms with E-state index in [1.807, 2.05) is 13.0 Å². The molecule has 0 spiro atoms. The van der Waals surface area contributed by atoms with Crippen LogP contribution in [0.3, 0.4) is 0 Å². The molecule has 124 valence electrons. The smallest absolute Gasteiger partial charge is 0.352 e. The molecular weight excluding hydrogens is 306 g/mol. The largest absolute Gasteiger partial charge is 0.354 e. The van der Waals surface area contributed by atoms with Gasteiger partial charge in [-0.2, -0.15) is 4.98 Å². The second kappa shape index (κ2) is 6.67. The first kappa shape index (κ1) is 15.9. The Balaban J connectivity index is 1.86. The molecule has 0 aliphatic rings. The molecule has 1 aromatic carbocycles. The monoisotopic (exact) mass is 325 g/mol. The number of aromatic nitrogens is 3. The van der Waals surface area contributed by atoms with Crippen LogP contribution in [0.5, 0.6) is 0 Å². The van der Waals surface area contributed by atoms with Crippen molar-refractivity contribution in [1.82, 2.24) is 19.9 Å². The maximum Gasteiger partial charge on any atom is 0.354 e. The highest BCUT2D eigenvalue weighted by atomic mass is 16.2. The summed E-state index contributed by atoms with van der Waals surface area (Å²) >= 11 is 0. The minimum atomic E-state index is -0.371. The molecule has 4 N–H and O–H groups in total. The summed E-state index contributed by atoms with van der Waals surface area (Å²) in [6, 6.07) is 8.76. The first-order valence-electron chi connectivity index (χ1n) is 7.76. The number of carbonyl (C=O) groups is 1. The Morgan fingerprint density at radius 3 is 2.79 bits per heavy atom. The standard InChI is InChI=1S/C17H19N5O2/c1-11-9-13-10-22(17(24)21-15(13)20-11)14-5-3-12(4-6-14)16(23)19-8-2-7-18/h3-6,9-10H,2,7-8,18H2,1H3,(H,19,23)(H,20,21,24). The second-order valence-corrected chi connectivity index (χ2v) is 5.59. The van der Waals surface area contributed by atoms with Crippen molar-refractivity contribution >= 4 is 16.9 Å². The van der Waals surface area contributed by atoms with Gasteiger partial charge in [0.15, 0.2) is 0 Å². The topological polar surface area (TPSA) is 106 Å². The maximum atomic E-state index is 12.2. The number of amides is 1. The quantitative estimate of drug-likeness (QED) is 0.611. The summed E-state index contributed by atoms with van der Waals surface area (Å²) in [6.45, 7) is 2.99. The first-order chi connectivity index (χ1) is 11.6. The normalized spacial score (nSPS) is 10.9. The van der Waals surface area contributed by atoms with Crippen LogP contribution >= 0.6 is 0 Å². The van der Waals surface area contributed by atoms with Crippen molar-refractivity contribution in [3.05, 3.63) is 58.3 Å². The van der Waals surface area contributed by atoms with Crippen LogP contribution in [0.25, 0.3) is 16.7 Å². The van der Waals surface area contributed by atoms with Crippen LogP contribution in [0.15, 0.2) is 41.3 Å². The number of hydrogen-bond acceptors (Lipinski definition) is 4. The molecule has 0 fully saturated rings. The number of H-pyrrole nitrogens is 1. The number of hydrogen-bond donors (Lipinski definition) is 3. The molecular formula is C17H19N5O2. The molecule has 0 saturated heterocycles. The van der Waals surface area contributed by atoms with Gasteiger partial charge in [-0.1, -0.05) is 0 Å². The molecule has 0 atom stereocenters. The lowest BCUT2D eigenvalue weighted by molar-refractivity contribution is 0.0953. The number of rotatable bonds is 5. The van der Waals surface area contributed by atoms with Crippen LogP contribution < -0.4 is 16.7 Å². The lowest BCUT2D eigenvalue weighted by Gasteiger charge is -2.07. The number of aromatic amines is 1. The Bertz CT molecular complexity index is 924. The van der Waals surface area contributed by atoms with Gasteiger partial charge in [0.2, 0.25) is 0 Å². The zero-order chi connectivity index (χ0) is 17.1. The van der Waals surface area contributed by atoms with Gasteiger partial charge >= 0.3 is 5.69 Å². The van der Waals surface area contributed by atoms with Crippen molar-refractivity contribution in [2.75, 3.05) is 13.1 Å². The Morgan fingerprint density at radius 1 is 1.33 bits per heavy atom. The molecule has 0 aliphatic carbocycles. The summed E-state index contributed by atoms with van der Waals surface area (Å²) in [5.41, 5.74) is 7.74. The molecule has 3 rings (SSSR count). The molecule has 0 saturated carbocycles. The SMILES string of the molecule is Cc1cc2cn(-c3ccc(C(=O)NCCCN)cc3)c(=O)nc2[nH]1. The van der Waals surface area contributed by atoms with Gasteiger partial charge in [0, 0.05) is 29.4 Å². The maximum absolute atomic E-state index is 12.2. The second-order valence-electron chi connectivity index (χ2n) is 5.59. The predicted octanol–water partition coefficient (Wildman–Crippen LogP) is 1.10. The lowest BCUT2D eigenvalue weighted by atomic mass is 10.2. The van der Waals surface area contributed by atoms with E-state index in [-0.39, 0.29) is 11.6 Å². The minimum Gasteiger partial charge on any atom is -0.352 e. The number of nitrogens with one attached hydrogen (secondary N) is 2. The lowest BCUT2D eigenvalue weighted by Crippen LogP contribution is -2.26. The van der Waals surface area contributed by atoms with E-state index in [1.165, 1.54) is 4.57 Å². The summed E-state index contributed by atoms with van der Waals surface area (Å²) in [4.78, 5) is 31.2. The fourth-order valence-electron chi connectivity index (χ4n) is 2.50. The van der Waals surface area contributed by atoms with Crippen LogP contribution in [-0.4, -0.2) is 33.5 Å². The van der Waals surface area contributed by atoms with Gasteiger partial charge in [0.1, 0.15) is 5.65 Å². The Morgan fingerprint density at radius 2 is 2.08 bits per heavy atom. The van der Waals surface area contributed by atoms with Gasteiger partial charge in [-0.15, -0.1) is 0 Å². The van der Waals surface area contributed by atoms with Crippen molar-refractivity contribution in [3.63, 3.8) is 0 Å². The van der Waals surface area contributed by atoms with Crippen molar-refractivity contribution in [2.45, 2.75) is 13.3 Å². The molecule has 1 amide bonds. The number of nitrogens with zero attached hydrogens (tertiary/aromatic N) is 2. The summed E-state index contributed by atoms with van der Waals surface area (Å²) in [7, 11) is 0. The zero-order valence-electron chi connectivity index (χ0n) is 13.4. The third-order valence-corrected chi connectivity index (χ3v) is 3.72. The average molecular weight is 325 g/mol. The summed E-state index contributed by atoms with van der Waals surface area (Å²) in [5, 5.41) is 3.65. The number of fused-ring (bicyclic) bond motifs is 1. The molecule has 2 heterocycles. The van der Waals surface area contributed by atoms with Gasteiger partial charge in [-0.05, 0) is 50.2 Å². The Labute approximate surface area is 138 Å². The molecule has 3 aromatic rings. The van der Waals surface area contributed by atoms with Crippen molar-refractivity contribution in [3.8, 4) is 5.69 Å². The van der Waals surface area contributed by atoms with Gasteiger partial charge in [-0.3, -0.25) is 9.36 Å². The van der Waals surface area contributed by atoms with Crippen molar-refractivity contribution in [1.29, 1.82) is 0 Å². The summed E-state index contributed by atoms with van der Waals surface area (Å²) < 4.78 is 1.46. The first-order valence-corrected chi connectivity index (χ1v) is 7.76. The Hall–Kier alpha value is -2.93. The molecule has 0 aliphatic heterocycles. The zero-order valence-corrected chi connectivity index (χ0v) is 13.4. The van der Waals surface area contributed by atoms with Crippen LogP contribution in [0.4, 0.5) is 0 Å². The molecule has 0 bridgehead atoms. The van der Waals surface area contributed by atoms with Crippen LogP contribution in [0.2, 0.25) is 0 Å². The number of aryl methyl sites for hydroxylation is 1. The highest BCUT2D eigenvalue weighted by Crippen LogP contribution is 2.13. The molecule has 7 heteroatoms. The molecule has 24 heavy (non-hydrogen) atoms. The number of nitrogens with two attached hydrogens (primary N) is 1. The van der Waals surface area contributed by atoms with E-state index in [4.69, 9.17) is 5.73 Å². The summed E-state index contributed by atoms with van der Waals surface area (Å²) in [5.74, 6) is -0.155. The van der Waals surface area contributed by atoms with E-state index in [0.717, 1.165) is 17.5 Å². The van der Waals surface area contributed by atoms with Gasteiger partial charge in [-0.25, -0.2) is 4.79 Å². The summed E-state index contributed by atoms with van der Waals surface area (Å²) in [6.07, 6.45) is 2.48. The average Bonchev–Trinajstić information content (AvgIpc) is 2.93. The van der Waals surface area contributed by atoms with Crippen molar-refractivity contribution < 1.29 is 4.79 Å². The highest BCUT2D eigenvalue weighted by molar-refractivity contribution is 5.94. The predicted molar refractivity (Wildman–Crippen MR) is 92.4 cm³/mol. The van der Waals surface area contributed by atoms with Gasteiger partial charge < -0.3 is 16.0 Å². The van der Waals surface area contributed by atoms with Crippen LogP contribution in [0, 0.1) is 6.92 Å². The highest BCUT2D eigenvalue weighted by Gasteiger charge is 2.08. The molecule has 2 aromatic heterocycles. The number of carbonyl (C=O) groups excluding carboxylic acids is 1.